The lowest BCUT2D eigenvalue weighted by Gasteiger charge is -2.30. The lowest BCUT2D eigenvalue weighted by molar-refractivity contribution is -0.126. The molecule has 0 spiro atoms. The van der Waals surface area contributed by atoms with Crippen LogP contribution in [0.5, 0.6) is 0 Å². The van der Waals surface area contributed by atoms with E-state index in [1.54, 1.807) is 0 Å². The summed E-state index contributed by atoms with van der Waals surface area (Å²) in [6, 6.07) is 8.63. The van der Waals surface area contributed by atoms with Crippen molar-refractivity contribution in [2.75, 3.05) is 13.1 Å². The lowest BCUT2D eigenvalue weighted by atomic mass is 9.98. The van der Waals surface area contributed by atoms with Gasteiger partial charge >= 0.3 is 0 Å². The number of rotatable bonds is 5. The molecule has 3 rings (SSSR count). The van der Waals surface area contributed by atoms with Crippen LogP contribution in [0.4, 0.5) is 0 Å². The van der Waals surface area contributed by atoms with Crippen LogP contribution in [0.2, 0.25) is 0 Å². The van der Waals surface area contributed by atoms with Gasteiger partial charge in [0.1, 0.15) is 0 Å². The van der Waals surface area contributed by atoms with Crippen LogP contribution in [0.1, 0.15) is 56.6 Å². The molecule has 0 bridgehead atoms. The molecule has 24 heavy (non-hydrogen) atoms. The molecule has 0 radical (unpaired) electrons. The molecule has 4 heteroatoms. The molecule has 3 N–H and O–H groups in total. The number of carbonyl (C=O) groups is 1. The fourth-order valence-electron chi connectivity index (χ4n) is 3.83. The molecular weight excluding hydrogens is 298 g/mol. The van der Waals surface area contributed by atoms with Crippen molar-refractivity contribution in [3.63, 3.8) is 0 Å². The molecule has 1 amide bonds. The smallest absolute Gasteiger partial charge is 0.240 e. The van der Waals surface area contributed by atoms with E-state index in [2.05, 4.69) is 41.4 Å². The minimum absolute atomic E-state index is 0.00603. The standard InChI is InChI=1S/C20H31N3O/c1-16-8-12-23(13-9-16)15-18-6-4-17(5-7-18)14-22-19(24)20(21)10-2-3-11-20/h4-7,16H,2-3,8-15,21H2,1H3,(H,22,24). The number of likely N-dealkylation sites (tertiary alicyclic amines) is 1. The summed E-state index contributed by atoms with van der Waals surface area (Å²) >= 11 is 0. The van der Waals surface area contributed by atoms with Crippen LogP contribution in [0.3, 0.4) is 0 Å². The zero-order valence-corrected chi connectivity index (χ0v) is 14.9. The molecule has 1 saturated heterocycles. The molecule has 1 heterocycles. The molecule has 0 atom stereocenters. The Hall–Kier alpha value is -1.39. The van der Waals surface area contributed by atoms with Gasteiger partial charge in [0.05, 0.1) is 5.54 Å². The van der Waals surface area contributed by atoms with Crippen LogP contribution in [0, 0.1) is 5.92 Å². The quantitative estimate of drug-likeness (QED) is 0.873. The minimum Gasteiger partial charge on any atom is -0.350 e. The summed E-state index contributed by atoms with van der Waals surface area (Å²) in [5.74, 6) is 0.879. The Balaban J connectivity index is 1.47. The van der Waals surface area contributed by atoms with Gasteiger partial charge in [-0.3, -0.25) is 9.69 Å². The highest BCUT2D eigenvalue weighted by molar-refractivity contribution is 5.86. The topological polar surface area (TPSA) is 58.4 Å². The van der Waals surface area contributed by atoms with E-state index >= 15 is 0 Å². The van der Waals surface area contributed by atoms with E-state index in [1.807, 2.05) is 0 Å². The highest BCUT2D eigenvalue weighted by Gasteiger charge is 2.36. The SMILES string of the molecule is CC1CCN(Cc2ccc(CNC(=O)C3(N)CCCC3)cc2)CC1. The fourth-order valence-corrected chi connectivity index (χ4v) is 3.83. The highest BCUT2D eigenvalue weighted by Crippen LogP contribution is 2.27. The zero-order valence-electron chi connectivity index (χ0n) is 14.9. The summed E-state index contributed by atoms with van der Waals surface area (Å²) in [7, 11) is 0. The third kappa shape index (κ3) is 4.37. The van der Waals surface area contributed by atoms with Crippen LogP contribution in [-0.2, 0) is 17.9 Å². The van der Waals surface area contributed by atoms with E-state index < -0.39 is 5.54 Å². The molecule has 1 saturated carbocycles. The number of nitrogens with zero attached hydrogens (tertiary/aromatic N) is 1. The monoisotopic (exact) mass is 329 g/mol. The molecule has 1 aromatic carbocycles. The normalized spacial score (nSPS) is 21.8. The van der Waals surface area contributed by atoms with E-state index in [-0.39, 0.29) is 5.91 Å². The van der Waals surface area contributed by atoms with Crippen molar-refractivity contribution in [3.8, 4) is 0 Å². The van der Waals surface area contributed by atoms with Crippen LogP contribution in [0.15, 0.2) is 24.3 Å². The molecule has 4 nitrogen and oxygen atoms in total. The predicted octanol–water partition coefficient (Wildman–Crippen LogP) is 2.81. The molecule has 0 unspecified atom stereocenters. The Morgan fingerprint density at radius 1 is 1.17 bits per heavy atom. The number of benzene rings is 1. The van der Waals surface area contributed by atoms with Gasteiger partial charge in [-0.05, 0) is 55.8 Å². The van der Waals surface area contributed by atoms with Crippen molar-refractivity contribution < 1.29 is 4.79 Å². The summed E-state index contributed by atoms with van der Waals surface area (Å²) in [6.07, 6.45) is 6.37. The maximum Gasteiger partial charge on any atom is 0.240 e. The highest BCUT2D eigenvalue weighted by atomic mass is 16.2. The lowest BCUT2D eigenvalue weighted by Crippen LogP contribution is -2.51. The molecule has 2 aliphatic rings. The van der Waals surface area contributed by atoms with Crippen molar-refractivity contribution in [2.45, 2.75) is 64.1 Å². The second-order valence-corrected chi connectivity index (χ2v) is 7.82. The Bertz CT molecular complexity index is 541. The van der Waals surface area contributed by atoms with Gasteiger partial charge in [-0.25, -0.2) is 0 Å². The molecule has 132 valence electrons. The van der Waals surface area contributed by atoms with Crippen LogP contribution in [-0.4, -0.2) is 29.4 Å². The maximum atomic E-state index is 12.3. The largest absolute Gasteiger partial charge is 0.350 e. The number of amides is 1. The van der Waals surface area contributed by atoms with Crippen molar-refractivity contribution in [1.82, 2.24) is 10.2 Å². The van der Waals surface area contributed by atoms with Gasteiger partial charge in [0.25, 0.3) is 0 Å². The van der Waals surface area contributed by atoms with Crippen LogP contribution in [0.25, 0.3) is 0 Å². The number of nitrogens with one attached hydrogen (secondary N) is 1. The molecular formula is C20H31N3O. The number of piperidine rings is 1. The number of nitrogens with two attached hydrogens (primary N) is 1. The molecule has 1 aliphatic carbocycles. The molecule has 0 aromatic heterocycles. The summed E-state index contributed by atoms with van der Waals surface area (Å²) in [5, 5.41) is 3.01. The molecule has 2 fully saturated rings. The van der Waals surface area contributed by atoms with E-state index in [4.69, 9.17) is 5.73 Å². The van der Waals surface area contributed by atoms with E-state index in [9.17, 15) is 4.79 Å². The summed E-state index contributed by atoms with van der Waals surface area (Å²) in [5.41, 5.74) is 8.05. The first-order chi connectivity index (χ1) is 11.5. The van der Waals surface area contributed by atoms with Crippen molar-refractivity contribution in [3.05, 3.63) is 35.4 Å². The minimum atomic E-state index is -0.634. The Kier molecular flexibility index (Phi) is 5.57. The Morgan fingerprint density at radius 3 is 2.38 bits per heavy atom. The average Bonchev–Trinajstić information content (AvgIpc) is 3.04. The van der Waals surface area contributed by atoms with E-state index in [1.165, 1.54) is 31.5 Å². The first-order valence-electron chi connectivity index (χ1n) is 9.42. The van der Waals surface area contributed by atoms with E-state index in [0.717, 1.165) is 43.7 Å². The maximum absolute atomic E-state index is 12.3. The Morgan fingerprint density at radius 2 is 1.75 bits per heavy atom. The van der Waals surface area contributed by atoms with Gasteiger partial charge in [0.2, 0.25) is 5.91 Å². The summed E-state index contributed by atoms with van der Waals surface area (Å²) in [6.45, 7) is 6.36. The van der Waals surface area contributed by atoms with Gasteiger partial charge in [0, 0.05) is 13.1 Å². The summed E-state index contributed by atoms with van der Waals surface area (Å²) in [4.78, 5) is 14.8. The number of hydrogen-bond donors (Lipinski definition) is 2. The Labute approximate surface area is 145 Å². The van der Waals surface area contributed by atoms with Gasteiger partial charge < -0.3 is 11.1 Å². The van der Waals surface area contributed by atoms with Crippen LogP contribution >= 0.6 is 0 Å². The van der Waals surface area contributed by atoms with Gasteiger partial charge in [-0.2, -0.15) is 0 Å². The number of carbonyl (C=O) groups excluding carboxylic acids is 1. The van der Waals surface area contributed by atoms with Gasteiger partial charge in [-0.15, -0.1) is 0 Å². The number of hydrogen-bond acceptors (Lipinski definition) is 3. The average molecular weight is 329 g/mol. The second kappa shape index (κ2) is 7.66. The summed E-state index contributed by atoms with van der Waals surface area (Å²) < 4.78 is 0. The molecule has 1 aromatic rings. The van der Waals surface area contributed by atoms with E-state index in [0.29, 0.717) is 6.54 Å². The second-order valence-electron chi connectivity index (χ2n) is 7.82. The van der Waals surface area contributed by atoms with Crippen LogP contribution < -0.4 is 11.1 Å². The van der Waals surface area contributed by atoms with Gasteiger partial charge in [-0.1, -0.05) is 44.0 Å². The fraction of sp³-hybridized carbons (Fsp3) is 0.650. The third-order valence-electron chi connectivity index (χ3n) is 5.71. The van der Waals surface area contributed by atoms with Crippen molar-refractivity contribution in [1.29, 1.82) is 0 Å². The molecule has 1 aliphatic heterocycles. The first kappa shape index (κ1) is 17.4. The zero-order chi connectivity index (χ0) is 17.0. The van der Waals surface area contributed by atoms with Gasteiger partial charge in [0.15, 0.2) is 0 Å². The first-order valence-corrected chi connectivity index (χ1v) is 9.42. The predicted molar refractivity (Wildman–Crippen MR) is 97.4 cm³/mol. The van der Waals surface area contributed by atoms with Crippen molar-refractivity contribution in [2.24, 2.45) is 11.7 Å². The third-order valence-corrected chi connectivity index (χ3v) is 5.71. The van der Waals surface area contributed by atoms with Crippen molar-refractivity contribution >= 4 is 5.91 Å².